The van der Waals surface area contributed by atoms with Gasteiger partial charge >= 0.3 is 5.97 Å². The predicted octanol–water partition coefficient (Wildman–Crippen LogP) is 3.61. The lowest BCUT2D eigenvalue weighted by atomic mass is 10.2. The van der Waals surface area contributed by atoms with Gasteiger partial charge in [0.05, 0.1) is 4.90 Å². The van der Waals surface area contributed by atoms with Crippen LogP contribution >= 0.6 is 11.6 Å². The molecule has 7 nitrogen and oxygen atoms in total. The Morgan fingerprint density at radius 3 is 2.59 bits per heavy atom. The number of aliphatic carboxylic acids is 1. The van der Waals surface area contributed by atoms with Crippen LogP contribution in [-0.4, -0.2) is 66.9 Å². The normalized spacial score (nSPS) is 12.2. The maximum absolute atomic E-state index is 13.3. The standard InChI is InChI=1S/C23H24ClN3O4S/c1-26(13-3-4-18-7-9-20(24)10-8-18)14-15-27(17-23(28)29)32(30,31)22-6-2-5-19-16-25-12-11-21(19)22/h2-12,16H,13-15,17H2,1H3,(H,28,29). The summed E-state index contributed by atoms with van der Waals surface area (Å²) in [6.07, 6.45) is 7.00. The van der Waals surface area contributed by atoms with Crippen molar-refractivity contribution in [1.82, 2.24) is 14.2 Å². The first kappa shape index (κ1) is 23.9. The number of fused-ring (bicyclic) bond motifs is 1. The average molecular weight is 474 g/mol. The number of pyridine rings is 1. The summed E-state index contributed by atoms with van der Waals surface area (Å²) in [4.78, 5) is 17.4. The van der Waals surface area contributed by atoms with Crippen LogP contribution in [0, 0.1) is 0 Å². The van der Waals surface area contributed by atoms with Crippen molar-refractivity contribution in [1.29, 1.82) is 0 Å². The van der Waals surface area contributed by atoms with E-state index in [1.54, 1.807) is 24.4 Å². The van der Waals surface area contributed by atoms with Crippen LogP contribution in [0.2, 0.25) is 5.02 Å². The Bertz CT molecular complexity index is 1210. The van der Waals surface area contributed by atoms with E-state index in [9.17, 15) is 18.3 Å². The number of carboxylic acids is 1. The van der Waals surface area contributed by atoms with E-state index in [0.717, 1.165) is 9.87 Å². The van der Waals surface area contributed by atoms with Gasteiger partial charge < -0.3 is 10.0 Å². The van der Waals surface area contributed by atoms with E-state index in [1.165, 1.54) is 12.3 Å². The number of rotatable bonds is 10. The first-order chi connectivity index (χ1) is 15.3. The lowest BCUT2D eigenvalue weighted by Gasteiger charge is -2.24. The number of aromatic nitrogens is 1. The number of nitrogens with zero attached hydrogens (tertiary/aromatic N) is 3. The highest BCUT2D eigenvalue weighted by atomic mass is 35.5. The van der Waals surface area contributed by atoms with Gasteiger partial charge in [0.1, 0.15) is 6.54 Å². The molecule has 0 radical (unpaired) electrons. The van der Waals surface area contributed by atoms with E-state index >= 15 is 0 Å². The maximum atomic E-state index is 13.3. The van der Waals surface area contributed by atoms with Crippen molar-refractivity contribution < 1.29 is 18.3 Å². The molecule has 0 bridgehead atoms. The fourth-order valence-electron chi connectivity index (χ4n) is 3.21. The quantitative estimate of drug-likeness (QED) is 0.483. The van der Waals surface area contributed by atoms with Gasteiger partial charge in [-0.1, -0.05) is 48.0 Å². The van der Waals surface area contributed by atoms with Crippen LogP contribution in [0.15, 0.2) is 71.9 Å². The zero-order chi connectivity index (χ0) is 23.1. The molecular weight excluding hydrogens is 450 g/mol. The zero-order valence-electron chi connectivity index (χ0n) is 17.6. The lowest BCUT2D eigenvalue weighted by molar-refractivity contribution is -0.137. The van der Waals surface area contributed by atoms with E-state index in [-0.39, 0.29) is 11.4 Å². The second-order valence-electron chi connectivity index (χ2n) is 7.30. The summed E-state index contributed by atoms with van der Waals surface area (Å²) < 4.78 is 27.6. The van der Waals surface area contributed by atoms with Crippen LogP contribution in [0.3, 0.4) is 0 Å². The summed E-state index contributed by atoms with van der Waals surface area (Å²) in [7, 11) is -2.17. The minimum absolute atomic E-state index is 0.0430. The third-order valence-corrected chi connectivity index (χ3v) is 7.05. The number of carboxylic acid groups (broad SMARTS) is 1. The van der Waals surface area contributed by atoms with Crippen LogP contribution in [-0.2, 0) is 14.8 Å². The Hall–Kier alpha value is -2.78. The van der Waals surface area contributed by atoms with E-state index in [1.807, 2.05) is 48.4 Å². The molecule has 9 heteroatoms. The Balaban J connectivity index is 1.72. The Morgan fingerprint density at radius 2 is 1.88 bits per heavy atom. The van der Waals surface area contributed by atoms with Crippen molar-refractivity contribution in [2.45, 2.75) is 4.90 Å². The largest absolute Gasteiger partial charge is 0.480 e. The SMILES string of the molecule is CN(CC=Cc1ccc(Cl)cc1)CCN(CC(=O)O)S(=O)(=O)c1cccc2cnccc12. The smallest absolute Gasteiger partial charge is 0.318 e. The average Bonchev–Trinajstić information content (AvgIpc) is 2.77. The van der Waals surface area contributed by atoms with Crippen molar-refractivity contribution in [3.8, 4) is 0 Å². The fourth-order valence-corrected chi connectivity index (χ4v) is 4.93. The predicted molar refractivity (Wildman–Crippen MR) is 126 cm³/mol. The van der Waals surface area contributed by atoms with Gasteiger partial charge in [0.25, 0.3) is 0 Å². The second-order valence-corrected chi connectivity index (χ2v) is 9.64. The molecule has 3 aromatic rings. The fraction of sp³-hybridized carbons (Fsp3) is 0.217. The van der Waals surface area contributed by atoms with E-state index in [2.05, 4.69) is 4.98 Å². The molecule has 3 rings (SSSR count). The van der Waals surface area contributed by atoms with Gasteiger partial charge in [0.15, 0.2) is 0 Å². The number of halogens is 1. The van der Waals surface area contributed by atoms with Gasteiger partial charge in [-0.3, -0.25) is 9.78 Å². The molecule has 1 aromatic heterocycles. The summed E-state index contributed by atoms with van der Waals surface area (Å²) in [5, 5.41) is 11.2. The third-order valence-electron chi connectivity index (χ3n) is 4.90. The number of likely N-dealkylation sites (N-methyl/N-ethyl adjacent to an activating group) is 1. The molecule has 1 heterocycles. The van der Waals surface area contributed by atoms with Gasteiger partial charge in [-0.05, 0) is 36.9 Å². The molecule has 0 aliphatic heterocycles. The van der Waals surface area contributed by atoms with Gasteiger partial charge in [0.2, 0.25) is 10.0 Å². The van der Waals surface area contributed by atoms with Crippen molar-refractivity contribution in [3.05, 3.63) is 77.6 Å². The molecule has 2 aromatic carbocycles. The number of sulfonamides is 1. The minimum Gasteiger partial charge on any atom is -0.480 e. The third kappa shape index (κ3) is 6.14. The molecule has 0 spiro atoms. The number of hydrogen-bond donors (Lipinski definition) is 1. The van der Waals surface area contributed by atoms with Crippen molar-refractivity contribution >= 4 is 44.4 Å². The van der Waals surface area contributed by atoms with Crippen molar-refractivity contribution in [2.24, 2.45) is 0 Å². The summed E-state index contributed by atoms with van der Waals surface area (Å²) in [6.45, 7) is 0.368. The van der Waals surface area contributed by atoms with Crippen LogP contribution in [0.5, 0.6) is 0 Å². The Labute approximate surface area is 192 Å². The van der Waals surface area contributed by atoms with Crippen molar-refractivity contribution in [3.63, 3.8) is 0 Å². The monoisotopic (exact) mass is 473 g/mol. The van der Waals surface area contributed by atoms with E-state index < -0.39 is 22.5 Å². The van der Waals surface area contributed by atoms with E-state index in [4.69, 9.17) is 11.6 Å². The van der Waals surface area contributed by atoms with Crippen LogP contribution in [0.4, 0.5) is 0 Å². The molecule has 0 atom stereocenters. The highest BCUT2D eigenvalue weighted by Crippen LogP contribution is 2.25. The molecule has 0 saturated heterocycles. The maximum Gasteiger partial charge on any atom is 0.318 e. The van der Waals surface area contributed by atoms with Gasteiger partial charge in [-0.15, -0.1) is 0 Å². The molecule has 0 amide bonds. The molecule has 168 valence electrons. The molecule has 0 aliphatic rings. The topological polar surface area (TPSA) is 90.8 Å². The number of carbonyl (C=O) groups is 1. The van der Waals surface area contributed by atoms with Crippen LogP contribution in [0.25, 0.3) is 16.8 Å². The molecule has 0 aliphatic carbocycles. The number of benzene rings is 2. The summed E-state index contributed by atoms with van der Waals surface area (Å²) in [5.41, 5.74) is 1.00. The Morgan fingerprint density at radius 1 is 1.12 bits per heavy atom. The summed E-state index contributed by atoms with van der Waals surface area (Å²) in [6, 6.07) is 13.9. The molecule has 0 fully saturated rings. The molecule has 0 saturated carbocycles. The van der Waals surface area contributed by atoms with Gasteiger partial charge in [0, 0.05) is 47.8 Å². The molecular formula is C23H24ClN3O4S. The first-order valence-electron chi connectivity index (χ1n) is 9.93. The second kappa shape index (κ2) is 10.7. The van der Waals surface area contributed by atoms with E-state index in [0.29, 0.717) is 28.9 Å². The summed E-state index contributed by atoms with van der Waals surface area (Å²) >= 11 is 5.89. The number of hydrogen-bond acceptors (Lipinski definition) is 5. The van der Waals surface area contributed by atoms with Gasteiger partial charge in [-0.2, -0.15) is 4.31 Å². The van der Waals surface area contributed by atoms with Crippen LogP contribution in [0.1, 0.15) is 5.56 Å². The minimum atomic E-state index is -4.02. The highest BCUT2D eigenvalue weighted by molar-refractivity contribution is 7.89. The molecule has 32 heavy (non-hydrogen) atoms. The highest BCUT2D eigenvalue weighted by Gasteiger charge is 2.28. The molecule has 1 N–H and O–H groups in total. The van der Waals surface area contributed by atoms with Crippen LogP contribution < -0.4 is 0 Å². The first-order valence-corrected chi connectivity index (χ1v) is 11.7. The zero-order valence-corrected chi connectivity index (χ0v) is 19.1. The lowest BCUT2D eigenvalue weighted by Crippen LogP contribution is -2.40. The van der Waals surface area contributed by atoms with Crippen molar-refractivity contribution in [2.75, 3.05) is 33.2 Å². The summed E-state index contributed by atoms with van der Waals surface area (Å²) in [5.74, 6) is -1.21. The Kier molecular flexibility index (Phi) is 7.98. The van der Waals surface area contributed by atoms with Gasteiger partial charge in [-0.25, -0.2) is 8.42 Å². The molecule has 0 unspecified atom stereocenters.